The number of aromatic nitrogens is 2. The predicted molar refractivity (Wildman–Crippen MR) is 57.6 cm³/mol. The van der Waals surface area contributed by atoms with Crippen LogP contribution in [-0.2, 0) is 16.6 Å². The minimum Gasteiger partial charge on any atom is -0.369 e. The molecule has 0 spiro atoms. The van der Waals surface area contributed by atoms with Gasteiger partial charge >= 0.3 is 0 Å². The van der Waals surface area contributed by atoms with Gasteiger partial charge in [0.2, 0.25) is 11.8 Å². The van der Waals surface area contributed by atoms with Crippen molar-refractivity contribution >= 4 is 17.6 Å². The van der Waals surface area contributed by atoms with Crippen molar-refractivity contribution in [1.82, 2.24) is 9.78 Å². The molecule has 6 nitrogen and oxygen atoms in total. The van der Waals surface area contributed by atoms with Crippen LogP contribution in [0.25, 0.3) is 0 Å². The molecule has 0 bridgehead atoms. The molecule has 0 saturated carbocycles. The van der Waals surface area contributed by atoms with Crippen molar-refractivity contribution in [3.8, 4) is 0 Å². The zero-order valence-electron chi connectivity index (χ0n) is 9.30. The van der Waals surface area contributed by atoms with Crippen molar-refractivity contribution in [2.45, 2.75) is 13.3 Å². The van der Waals surface area contributed by atoms with E-state index in [1.54, 1.807) is 16.6 Å². The lowest BCUT2D eigenvalue weighted by molar-refractivity contribution is -0.123. The summed E-state index contributed by atoms with van der Waals surface area (Å²) in [5.74, 6) is -0.171. The van der Waals surface area contributed by atoms with Crippen molar-refractivity contribution < 1.29 is 9.59 Å². The van der Waals surface area contributed by atoms with Gasteiger partial charge in [0.05, 0.1) is 11.6 Å². The molecule has 2 amide bonds. The molecular formula is C10H14N4O2. The van der Waals surface area contributed by atoms with Crippen LogP contribution in [0.2, 0.25) is 0 Å². The number of rotatable bonds is 2. The third-order valence-corrected chi connectivity index (χ3v) is 2.78. The molecule has 1 aliphatic heterocycles. The van der Waals surface area contributed by atoms with E-state index >= 15 is 0 Å². The number of hydrogen-bond acceptors (Lipinski definition) is 3. The lowest BCUT2D eigenvalue weighted by Crippen LogP contribution is -2.29. The van der Waals surface area contributed by atoms with Crippen molar-refractivity contribution in [2.75, 3.05) is 11.4 Å². The lowest BCUT2D eigenvalue weighted by Gasteiger charge is -2.15. The van der Waals surface area contributed by atoms with Gasteiger partial charge in [-0.05, 0) is 6.92 Å². The standard InChI is InChI=1S/C10H14N4O2/c1-6-3-8(13(2)12-6)14-5-7(10(11)16)4-9(14)15/h3,7H,4-5H2,1-2H3,(H2,11,16). The molecule has 6 heteroatoms. The fourth-order valence-electron chi connectivity index (χ4n) is 1.97. The van der Waals surface area contributed by atoms with Gasteiger partial charge in [-0.15, -0.1) is 0 Å². The Hall–Kier alpha value is -1.85. The summed E-state index contributed by atoms with van der Waals surface area (Å²) in [6.07, 6.45) is 0.194. The Morgan fingerprint density at radius 3 is 2.75 bits per heavy atom. The van der Waals surface area contributed by atoms with E-state index in [9.17, 15) is 9.59 Å². The summed E-state index contributed by atoms with van der Waals surface area (Å²) < 4.78 is 1.64. The molecule has 2 N–H and O–H groups in total. The van der Waals surface area contributed by atoms with Gasteiger partial charge in [-0.25, -0.2) is 0 Å². The quantitative estimate of drug-likeness (QED) is 0.737. The molecule has 1 saturated heterocycles. The van der Waals surface area contributed by atoms with Crippen LogP contribution in [0, 0.1) is 12.8 Å². The highest BCUT2D eigenvalue weighted by Crippen LogP contribution is 2.24. The Balaban J connectivity index is 2.26. The fraction of sp³-hybridized carbons (Fsp3) is 0.500. The van der Waals surface area contributed by atoms with Crippen LogP contribution in [0.4, 0.5) is 5.82 Å². The van der Waals surface area contributed by atoms with E-state index in [1.165, 1.54) is 0 Å². The molecule has 1 aromatic rings. The van der Waals surface area contributed by atoms with Gasteiger partial charge in [0, 0.05) is 26.1 Å². The van der Waals surface area contributed by atoms with Crippen LogP contribution in [0.3, 0.4) is 0 Å². The van der Waals surface area contributed by atoms with Crippen molar-refractivity contribution in [3.05, 3.63) is 11.8 Å². The smallest absolute Gasteiger partial charge is 0.229 e. The van der Waals surface area contributed by atoms with Crippen LogP contribution in [0.15, 0.2) is 6.07 Å². The normalized spacial score (nSPS) is 20.5. The number of anilines is 1. The summed E-state index contributed by atoms with van der Waals surface area (Å²) in [6.45, 7) is 2.21. The van der Waals surface area contributed by atoms with Gasteiger partial charge in [0.15, 0.2) is 0 Å². The molecule has 1 unspecified atom stereocenters. The number of carbonyl (C=O) groups is 2. The van der Waals surface area contributed by atoms with E-state index in [-0.39, 0.29) is 18.2 Å². The maximum atomic E-state index is 11.7. The number of amides is 2. The summed E-state index contributed by atoms with van der Waals surface area (Å²) in [5, 5.41) is 4.17. The number of aryl methyl sites for hydroxylation is 2. The second-order valence-electron chi connectivity index (χ2n) is 4.08. The van der Waals surface area contributed by atoms with Crippen molar-refractivity contribution in [3.63, 3.8) is 0 Å². The number of primary amides is 1. The van der Waals surface area contributed by atoms with Gasteiger partial charge < -0.3 is 5.73 Å². The third kappa shape index (κ3) is 1.66. The molecule has 1 fully saturated rings. The topological polar surface area (TPSA) is 81.2 Å². The van der Waals surface area contributed by atoms with Crippen LogP contribution in [0.1, 0.15) is 12.1 Å². The number of nitrogens with two attached hydrogens (primary N) is 1. The lowest BCUT2D eigenvalue weighted by atomic mass is 10.1. The van der Waals surface area contributed by atoms with Crippen LogP contribution in [-0.4, -0.2) is 28.1 Å². The SMILES string of the molecule is Cc1cc(N2CC(C(N)=O)CC2=O)n(C)n1. The summed E-state index contributed by atoms with van der Waals surface area (Å²) in [4.78, 5) is 24.3. The highest BCUT2D eigenvalue weighted by atomic mass is 16.2. The minimum atomic E-state index is -0.422. The van der Waals surface area contributed by atoms with E-state index in [4.69, 9.17) is 5.73 Å². The molecule has 1 atom stereocenters. The van der Waals surface area contributed by atoms with E-state index in [0.717, 1.165) is 5.69 Å². The van der Waals surface area contributed by atoms with Gasteiger partial charge in [0.25, 0.3) is 0 Å². The fourth-order valence-corrected chi connectivity index (χ4v) is 1.97. The predicted octanol–water partition coefficient (Wildman–Crippen LogP) is -0.433. The Morgan fingerprint density at radius 2 is 2.31 bits per heavy atom. The molecule has 2 heterocycles. The Morgan fingerprint density at radius 1 is 1.62 bits per heavy atom. The summed E-state index contributed by atoms with van der Waals surface area (Å²) in [7, 11) is 1.77. The van der Waals surface area contributed by atoms with Crippen molar-refractivity contribution in [2.24, 2.45) is 18.7 Å². The van der Waals surface area contributed by atoms with Crippen LogP contribution in [0.5, 0.6) is 0 Å². The Kier molecular flexibility index (Phi) is 2.41. The summed E-state index contributed by atoms with van der Waals surface area (Å²) in [5.41, 5.74) is 6.04. The van der Waals surface area contributed by atoms with E-state index < -0.39 is 5.91 Å². The molecule has 1 aromatic heterocycles. The average molecular weight is 222 g/mol. The van der Waals surface area contributed by atoms with Crippen LogP contribution >= 0.6 is 0 Å². The number of hydrogen-bond donors (Lipinski definition) is 1. The molecule has 2 rings (SSSR count). The zero-order valence-corrected chi connectivity index (χ0v) is 9.30. The van der Waals surface area contributed by atoms with E-state index in [0.29, 0.717) is 12.4 Å². The van der Waals surface area contributed by atoms with Gasteiger partial charge in [-0.3, -0.25) is 19.2 Å². The molecule has 86 valence electrons. The number of nitrogens with zero attached hydrogens (tertiary/aromatic N) is 3. The molecule has 16 heavy (non-hydrogen) atoms. The average Bonchev–Trinajstić information content (AvgIpc) is 2.69. The Bertz CT molecular complexity index is 452. The maximum Gasteiger partial charge on any atom is 0.229 e. The summed E-state index contributed by atoms with van der Waals surface area (Å²) in [6, 6.07) is 1.82. The van der Waals surface area contributed by atoms with Gasteiger partial charge in [-0.1, -0.05) is 0 Å². The zero-order chi connectivity index (χ0) is 11.9. The van der Waals surface area contributed by atoms with Crippen molar-refractivity contribution in [1.29, 1.82) is 0 Å². The number of carbonyl (C=O) groups excluding carboxylic acids is 2. The second-order valence-corrected chi connectivity index (χ2v) is 4.08. The van der Waals surface area contributed by atoms with Gasteiger partial charge in [-0.2, -0.15) is 5.10 Å². The first-order valence-electron chi connectivity index (χ1n) is 5.09. The third-order valence-electron chi connectivity index (χ3n) is 2.78. The van der Waals surface area contributed by atoms with E-state index in [1.807, 2.05) is 13.0 Å². The highest BCUT2D eigenvalue weighted by Gasteiger charge is 2.35. The minimum absolute atomic E-state index is 0.0770. The molecule has 0 radical (unpaired) electrons. The van der Waals surface area contributed by atoms with Crippen LogP contribution < -0.4 is 10.6 Å². The first kappa shape index (κ1) is 10.7. The Labute approximate surface area is 93.0 Å². The molecular weight excluding hydrogens is 208 g/mol. The second kappa shape index (κ2) is 3.62. The summed E-state index contributed by atoms with van der Waals surface area (Å²) >= 11 is 0. The molecule has 1 aliphatic rings. The molecule has 0 aromatic carbocycles. The molecule has 0 aliphatic carbocycles. The first-order chi connectivity index (χ1) is 7.49. The highest BCUT2D eigenvalue weighted by molar-refractivity contribution is 5.99. The monoisotopic (exact) mass is 222 g/mol. The van der Waals surface area contributed by atoms with E-state index in [2.05, 4.69) is 5.10 Å². The maximum absolute atomic E-state index is 11.7. The van der Waals surface area contributed by atoms with Gasteiger partial charge in [0.1, 0.15) is 5.82 Å². The largest absolute Gasteiger partial charge is 0.369 e. The first-order valence-corrected chi connectivity index (χ1v) is 5.09.